The van der Waals surface area contributed by atoms with Gasteiger partial charge in [0.15, 0.2) is 0 Å². The van der Waals surface area contributed by atoms with E-state index in [1.165, 1.54) is 32.4 Å². The zero-order valence-corrected chi connectivity index (χ0v) is 10.6. The second-order valence-electron chi connectivity index (χ2n) is 4.77. The molecule has 0 saturated carbocycles. The molecule has 0 radical (unpaired) electrons. The summed E-state index contributed by atoms with van der Waals surface area (Å²) < 4.78 is 0. The molecule has 16 heavy (non-hydrogen) atoms. The molecule has 1 aliphatic heterocycles. The number of rotatable bonds is 5. The van der Waals surface area contributed by atoms with Crippen molar-refractivity contribution in [1.82, 2.24) is 10.2 Å². The number of carbonyl (C=O) groups excluding carboxylic acids is 1. The van der Waals surface area contributed by atoms with Crippen LogP contribution in [-0.2, 0) is 4.79 Å². The number of hydrogen-bond donors (Lipinski definition) is 1. The molecule has 1 amide bonds. The number of nitrogens with one attached hydrogen (secondary N) is 1. The molecule has 0 atom stereocenters. The Kier molecular flexibility index (Phi) is 6.16. The van der Waals surface area contributed by atoms with E-state index in [2.05, 4.69) is 10.2 Å². The van der Waals surface area contributed by atoms with Crippen molar-refractivity contribution < 1.29 is 4.79 Å². The van der Waals surface area contributed by atoms with Gasteiger partial charge in [0.1, 0.15) is 0 Å². The van der Waals surface area contributed by atoms with Crippen LogP contribution in [0, 0.1) is 0 Å². The van der Waals surface area contributed by atoms with Gasteiger partial charge in [0.2, 0.25) is 5.91 Å². The Bertz CT molecular complexity index is 238. The monoisotopic (exact) mass is 224 g/mol. The number of piperidine rings is 1. The predicted molar refractivity (Wildman–Crippen MR) is 67.3 cm³/mol. The highest BCUT2D eigenvalue weighted by atomic mass is 16.1. The Morgan fingerprint density at radius 1 is 1.25 bits per heavy atom. The van der Waals surface area contributed by atoms with Crippen LogP contribution in [0.3, 0.4) is 0 Å². The van der Waals surface area contributed by atoms with E-state index in [1.54, 1.807) is 6.08 Å². The van der Waals surface area contributed by atoms with Crippen LogP contribution in [0.2, 0.25) is 0 Å². The van der Waals surface area contributed by atoms with Crippen LogP contribution >= 0.6 is 0 Å². The van der Waals surface area contributed by atoms with Gasteiger partial charge < -0.3 is 10.2 Å². The zero-order chi connectivity index (χ0) is 11.8. The van der Waals surface area contributed by atoms with E-state index in [1.807, 2.05) is 13.8 Å². The first-order chi connectivity index (χ1) is 7.68. The average Bonchev–Trinajstić information content (AvgIpc) is 2.25. The summed E-state index contributed by atoms with van der Waals surface area (Å²) in [6.07, 6.45) is 6.77. The van der Waals surface area contributed by atoms with Crippen molar-refractivity contribution >= 4 is 5.91 Å². The number of carbonyl (C=O) groups is 1. The Morgan fingerprint density at radius 3 is 2.56 bits per heavy atom. The lowest BCUT2D eigenvalue weighted by molar-refractivity contribution is -0.116. The first kappa shape index (κ1) is 13.2. The van der Waals surface area contributed by atoms with Gasteiger partial charge in [-0.25, -0.2) is 0 Å². The average molecular weight is 224 g/mol. The van der Waals surface area contributed by atoms with Crippen LogP contribution in [-0.4, -0.2) is 37.0 Å². The van der Waals surface area contributed by atoms with Crippen molar-refractivity contribution in [2.24, 2.45) is 0 Å². The summed E-state index contributed by atoms with van der Waals surface area (Å²) in [6.45, 7) is 8.26. The molecule has 0 aromatic rings. The predicted octanol–water partition coefficient (Wildman–Crippen LogP) is 1.94. The number of amides is 1. The summed E-state index contributed by atoms with van der Waals surface area (Å²) in [4.78, 5) is 13.8. The largest absolute Gasteiger partial charge is 0.353 e. The lowest BCUT2D eigenvalue weighted by Gasteiger charge is -2.26. The quantitative estimate of drug-likeness (QED) is 0.572. The van der Waals surface area contributed by atoms with Gasteiger partial charge in [-0.15, -0.1) is 0 Å². The number of likely N-dealkylation sites (tertiary alicyclic amines) is 1. The van der Waals surface area contributed by atoms with Gasteiger partial charge in [-0.1, -0.05) is 12.0 Å². The van der Waals surface area contributed by atoms with Gasteiger partial charge in [0.25, 0.3) is 0 Å². The molecule has 0 bridgehead atoms. The van der Waals surface area contributed by atoms with Crippen molar-refractivity contribution in [3.8, 4) is 0 Å². The van der Waals surface area contributed by atoms with E-state index < -0.39 is 0 Å². The highest BCUT2D eigenvalue weighted by molar-refractivity contribution is 5.87. The topological polar surface area (TPSA) is 32.3 Å². The van der Waals surface area contributed by atoms with Gasteiger partial charge >= 0.3 is 0 Å². The number of hydrogen-bond acceptors (Lipinski definition) is 2. The third-order valence-corrected chi connectivity index (χ3v) is 2.82. The van der Waals surface area contributed by atoms with E-state index in [9.17, 15) is 4.79 Å². The van der Waals surface area contributed by atoms with E-state index >= 15 is 0 Å². The van der Waals surface area contributed by atoms with Gasteiger partial charge in [0.05, 0.1) is 0 Å². The van der Waals surface area contributed by atoms with E-state index in [0.29, 0.717) is 0 Å². The molecular formula is C13H24N2O. The second-order valence-corrected chi connectivity index (χ2v) is 4.77. The summed E-state index contributed by atoms with van der Waals surface area (Å²) in [7, 11) is 0. The molecule has 1 fully saturated rings. The maximum atomic E-state index is 11.3. The maximum absolute atomic E-state index is 11.3. The smallest absolute Gasteiger partial charge is 0.243 e. The fourth-order valence-corrected chi connectivity index (χ4v) is 2.01. The van der Waals surface area contributed by atoms with Gasteiger partial charge in [-0.05, 0) is 52.7 Å². The molecule has 0 aromatic carbocycles. The lowest BCUT2D eigenvalue weighted by Crippen LogP contribution is -2.33. The summed E-state index contributed by atoms with van der Waals surface area (Å²) in [6, 6.07) is 0. The first-order valence-corrected chi connectivity index (χ1v) is 6.33. The van der Waals surface area contributed by atoms with Gasteiger partial charge in [-0.3, -0.25) is 4.79 Å². The molecule has 92 valence electrons. The molecule has 3 nitrogen and oxygen atoms in total. The van der Waals surface area contributed by atoms with Crippen LogP contribution in [0.15, 0.2) is 11.6 Å². The lowest BCUT2D eigenvalue weighted by atomic mass is 10.1. The maximum Gasteiger partial charge on any atom is 0.243 e. The highest BCUT2D eigenvalue weighted by Gasteiger charge is 2.08. The molecule has 1 N–H and O–H groups in total. The van der Waals surface area contributed by atoms with Crippen LogP contribution in [0.4, 0.5) is 0 Å². The fourth-order valence-electron chi connectivity index (χ4n) is 2.01. The Labute approximate surface area is 98.9 Å². The van der Waals surface area contributed by atoms with E-state index in [-0.39, 0.29) is 5.91 Å². The second kappa shape index (κ2) is 7.44. The molecule has 0 unspecified atom stereocenters. The summed E-state index contributed by atoms with van der Waals surface area (Å²) in [5.74, 6) is 0.0404. The molecule has 1 saturated heterocycles. The molecular weight excluding hydrogens is 200 g/mol. The Hall–Kier alpha value is -0.830. The van der Waals surface area contributed by atoms with Crippen molar-refractivity contribution in [3.05, 3.63) is 11.6 Å². The van der Waals surface area contributed by atoms with Crippen molar-refractivity contribution in [3.63, 3.8) is 0 Å². The molecule has 1 heterocycles. The van der Waals surface area contributed by atoms with Gasteiger partial charge in [0, 0.05) is 12.6 Å². The third kappa shape index (κ3) is 5.91. The standard InChI is InChI=1S/C13H24N2O/c1-12(2)11-13(16)14-7-6-10-15-8-4-3-5-9-15/h11H,3-10H2,1-2H3,(H,14,16). The van der Waals surface area contributed by atoms with Gasteiger partial charge in [-0.2, -0.15) is 0 Å². The minimum Gasteiger partial charge on any atom is -0.353 e. The Morgan fingerprint density at radius 2 is 1.94 bits per heavy atom. The van der Waals surface area contributed by atoms with Crippen LogP contribution in [0.25, 0.3) is 0 Å². The zero-order valence-electron chi connectivity index (χ0n) is 10.6. The van der Waals surface area contributed by atoms with Crippen molar-refractivity contribution in [2.45, 2.75) is 39.5 Å². The normalized spacial score (nSPS) is 16.9. The molecule has 0 spiro atoms. The number of allylic oxidation sites excluding steroid dienone is 1. The first-order valence-electron chi connectivity index (χ1n) is 6.33. The summed E-state index contributed by atoms with van der Waals surface area (Å²) in [5, 5.41) is 2.91. The van der Waals surface area contributed by atoms with Crippen LogP contribution < -0.4 is 5.32 Å². The minimum absolute atomic E-state index is 0.0404. The van der Waals surface area contributed by atoms with E-state index in [4.69, 9.17) is 0 Å². The molecule has 0 aromatic heterocycles. The minimum atomic E-state index is 0.0404. The Balaban J connectivity index is 2.02. The summed E-state index contributed by atoms with van der Waals surface area (Å²) in [5.41, 5.74) is 1.05. The van der Waals surface area contributed by atoms with Crippen molar-refractivity contribution in [2.75, 3.05) is 26.2 Å². The molecule has 1 rings (SSSR count). The SMILES string of the molecule is CC(C)=CC(=O)NCCCN1CCCCC1. The molecule has 0 aliphatic carbocycles. The van der Waals surface area contributed by atoms with Crippen LogP contribution in [0.1, 0.15) is 39.5 Å². The fraction of sp³-hybridized carbons (Fsp3) is 0.769. The number of nitrogens with zero attached hydrogens (tertiary/aromatic N) is 1. The van der Waals surface area contributed by atoms with Crippen molar-refractivity contribution in [1.29, 1.82) is 0 Å². The highest BCUT2D eigenvalue weighted by Crippen LogP contribution is 2.08. The summed E-state index contributed by atoms with van der Waals surface area (Å²) >= 11 is 0. The third-order valence-electron chi connectivity index (χ3n) is 2.82. The van der Waals surface area contributed by atoms with Crippen LogP contribution in [0.5, 0.6) is 0 Å². The van der Waals surface area contributed by atoms with E-state index in [0.717, 1.165) is 25.1 Å². The molecule has 3 heteroatoms. The molecule has 1 aliphatic rings.